The summed E-state index contributed by atoms with van der Waals surface area (Å²) >= 11 is 0. The molecule has 1 heterocycles. The second-order valence-corrected chi connectivity index (χ2v) is 6.51. The van der Waals surface area contributed by atoms with Gasteiger partial charge in [-0.05, 0) is 54.4 Å². The molecule has 0 N–H and O–H groups in total. The first-order valence-corrected chi connectivity index (χ1v) is 8.55. The van der Waals surface area contributed by atoms with Crippen LogP contribution in [0.25, 0.3) is 0 Å². The van der Waals surface area contributed by atoms with E-state index in [4.69, 9.17) is 5.10 Å². The fourth-order valence-electron chi connectivity index (χ4n) is 3.21. The molecule has 3 aromatic carbocycles. The van der Waals surface area contributed by atoms with Crippen LogP contribution in [-0.2, 0) is 0 Å². The minimum Gasteiger partial charge on any atom is -0.257 e. The summed E-state index contributed by atoms with van der Waals surface area (Å²) in [7, 11) is 0. The number of benzene rings is 3. The summed E-state index contributed by atoms with van der Waals surface area (Å²) in [5.74, 6) is -0.541. The van der Waals surface area contributed by atoms with Gasteiger partial charge in [-0.3, -0.25) is 5.01 Å². The van der Waals surface area contributed by atoms with E-state index >= 15 is 0 Å². The molecule has 0 aromatic heterocycles. The fraction of sp³-hybridized carbons (Fsp3) is 0.136. The summed E-state index contributed by atoms with van der Waals surface area (Å²) in [6.45, 7) is 2.05. The molecule has 4 heteroatoms. The van der Waals surface area contributed by atoms with Crippen molar-refractivity contribution in [1.82, 2.24) is 0 Å². The Kier molecular flexibility index (Phi) is 4.25. The van der Waals surface area contributed by atoms with Gasteiger partial charge in [0.1, 0.15) is 11.6 Å². The highest BCUT2D eigenvalue weighted by Crippen LogP contribution is 2.36. The summed E-state index contributed by atoms with van der Waals surface area (Å²) in [4.78, 5) is 0. The third-order valence-electron chi connectivity index (χ3n) is 4.64. The molecule has 0 bridgehead atoms. The molecule has 1 aliphatic heterocycles. The van der Waals surface area contributed by atoms with E-state index in [9.17, 15) is 8.78 Å². The number of hydrazone groups is 1. The molecule has 0 saturated heterocycles. The fourth-order valence-corrected chi connectivity index (χ4v) is 3.21. The van der Waals surface area contributed by atoms with Gasteiger partial charge in [-0.25, -0.2) is 8.78 Å². The van der Waals surface area contributed by atoms with Crippen LogP contribution in [0.4, 0.5) is 14.5 Å². The minimum atomic E-state index is -0.275. The van der Waals surface area contributed by atoms with Crippen LogP contribution in [0.1, 0.15) is 29.2 Å². The summed E-state index contributed by atoms with van der Waals surface area (Å²) < 4.78 is 26.6. The molecular formula is C22H18F2N2. The van der Waals surface area contributed by atoms with E-state index in [0.29, 0.717) is 6.42 Å². The van der Waals surface area contributed by atoms with Gasteiger partial charge in [-0.1, -0.05) is 42.0 Å². The SMILES string of the molecule is Cc1ccc([C@@H]2CC(c3ccc(F)cc3)=NN2c2ccc(F)cc2)cc1. The lowest BCUT2D eigenvalue weighted by atomic mass is 9.97. The van der Waals surface area contributed by atoms with Crippen LogP contribution >= 0.6 is 0 Å². The van der Waals surface area contributed by atoms with Crippen molar-refractivity contribution in [1.29, 1.82) is 0 Å². The van der Waals surface area contributed by atoms with Crippen molar-refractivity contribution >= 4 is 11.4 Å². The third kappa shape index (κ3) is 3.23. The summed E-state index contributed by atoms with van der Waals surface area (Å²) in [5.41, 5.74) is 4.95. The first-order valence-electron chi connectivity index (χ1n) is 8.55. The van der Waals surface area contributed by atoms with Gasteiger partial charge in [-0.2, -0.15) is 5.10 Å². The Labute approximate surface area is 151 Å². The molecule has 0 radical (unpaired) electrons. The van der Waals surface area contributed by atoms with E-state index in [-0.39, 0.29) is 17.7 Å². The monoisotopic (exact) mass is 348 g/mol. The highest BCUT2D eigenvalue weighted by atomic mass is 19.1. The topological polar surface area (TPSA) is 15.6 Å². The molecule has 0 aliphatic carbocycles. The van der Waals surface area contributed by atoms with Crippen LogP contribution in [0.3, 0.4) is 0 Å². The standard InChI is InChI=1S/C22H18F2N2/c1-15-2-4-17(5-3-15)22-14-21(16-6-8-18(23)9-7-16)25-26(22)20-12-10-19(24)11-13-20/h2-13,22H,14H2,1H3/t22-/m0/s1. The Balaban J connectivity index is 1.74. The quantitative estimate of drug-likeness (QED) is 0.599. The minimum absolute atomic E-state index is 0.0149. The second-order valence-electron chi connectivity index (χ2n) is 6.51. The highest BCUT2D eigenvalue weighted by Gasteiger charge is 2.29. The van der Waals surface area contributed by atoms with Crippen molar-refractivity contribution in [3.05, 3.63) is 101 Å². The zero-order chi connectivity index (χ0) is 18.1. The average Bonchev–Trinajstić information content (AvgIpc) is 3.09. The highest BCUT2D eigenvalue weighted by molar-refractivity contribution is 6.03. The van der Waals surface area contributed by atoms with Gasteiger partial charge >= 0.3 is 0 Å². The molecule has 1 aliphatic rings. The lowest BCUT2D eigenvalue weighted by Gasteiger charge is -2.24. The molecule has 2 nitrogen and oxygen atoms in total. The van der Waals surface area contributed by atoms with Crippen LogP contribution in [0.2, 0.25) is 0 Å². The van der Waals surface area contributed by atoms with Crippen molar-refractivity contribution < 1.29 is 8.78 Å². The molecule has 130 valence electrons. The lowest BCUT2D eigenvalue weighted by Crippen LogP contribution is -2.18. The van der Waals surface area contributed by atoms with Gasteiger partial charge in [0.05, 0.1) is 17.4 Å². The van der Waals surface area contributed by atoms with Gasteiger partial charge in [0.15, 0.2) is 0 Å². The Morgan fingerprint density at radius 2 is 1.38 bits per heavy atom. The molecule has 3 aromatic rings. The van der Waals surface area contributed by atoms with E-state index in [0.717, 1.165) is 22.5 Å². The molecule has 0 fully saturated rings. The first-order chi connectivity index (χ1) is 12.6. The van der Waals surface area contributed by atoms with Crippen molar-refractivity contribution in [2.24, 2.45) is 5.10 Å². The van der Waals surface area contributed by atoms with Crippen LogP contribution in [0.15, 0.2) is 77.9 Å². The van der Waals surface area contributed by atoms with Gasteiger partial charge in [0.25, 0.3) is 0 Å². The second kappa shape index (κ2) is 6.71. The molecule has 1 atom stereocenters. The molecule has 0 spiro atoms. The zero-order valence-electron chi connectivity index (χ0n) is 14.4. The molecule has 4 rings (SSSR count). The predicted molar refractivity (Wildman–Crippen MR) is 100 cm³/mol. The van der Waals surface area contributed by atoms with E-state index < -0.39 is 0 Å². The number of anilines is 1. The summed E-state index contributed by atoms with van der Waals surface area (Å²) in [6.07, 6.45) is 0.700. The van der Waals surface area contributed by atoms with E-state index in [1.807, 2.05) is 5.01 Å². The molecule has 26 heavy (non-hydrogen) atoms. The first kappa shape index (κ1) is 16.5. The summed E-state index contributed by atoms with van der Waals surface area (Å²) in [5, 5.41) is 6.69. The molecule has 0 amide bonds. The third-order valence-corrected chi connectivity index (χ3v) is 4.64. The number of rotatable bonds is 3. The number of hydrogen-bond acceptors (Lipinski definition) is 2. The molecular weight excluding hydrogens is 330 g/mol. The van der Waals surface area contributed by atoms with Crippen LogP contribution in [-0.4, -0.2) is 5.71 Å². The van der Waals surface area contributed by atoms with Crippen LogP contribution in [0, 0.1) is 18.6 Å². The van der Waals surface area contributed by atoms with Gasteiger partial charge < -0.3 is 0 Å². The largest absolute Gasteiger partial charge is 0.257 e. The number of halogens is 2. The number of aryl methyl sites for hydroxylation is 1. The smallest absolute Gasteiger partial charge is 0.123 e. The van der Waals surface area contributed by atoms with Gasteiger partial charge in [0, 0.05) is 6.42 Å². The van der Waals surface area contributed by atoms with Gasteiger partial charge in [-0.15, -0.1) is 0 Å². The van der Waals surface area contributed by atoms with E-state index in [1.54, 1.807) is 24.3 Å². The Bertz CT molecular complexity index is 929. The van der Waals surface area contributed by atoms with E-state index in [2.05, 4.69) is 31.2 Å². The average molecular weight is 348 g/mol. The van der Waals surface area contributed by atoms with Crippen molar-refractivity contribution in [2.75, 3.05) is 5.01 Å². The maximum absolute atomic E-state index is 13.3. The lowest BCUT2D eigenvalue weighted by molar-refractivity contribution is 0.626. The predicted octanol–water partition coefficient (Wildman–Crippen LogP) is 5.63. The maximum Gasteiger partial charge on any atom is 0.123 e. The van der Waals surface area contributed by atoms with Crippen molar-refractivity contribution in [2.45, 2.75) is 19.4 Å². The van der Waals surface area contributed by atoms with Gasteiger partial charge in [0.2, 0.25) is 0 Å². The molecule has 0 unspecified atom stereocenters. The number of nitrogens with zero attached hydrogens (tertiary/aromatic N) is 2. The Morgan fingerprint density at radius 1 is 0.808 bits per heavy atom. The Morgan fingerprint density at radius 3 is 2.00 bits per heavy atom. The zero-order valence-corrected chi connectivity index (χ0v) is 14.4. The van der Waals surface area contributed by atoms with E-state index in [1.165, 1.54) is 29.8 Å². The molecule has 0 saturated carbocycles. The van der Waals surface area contributed by atoms with Crippen molar-refractivity contribution in [3.8, 4) is 0 Å². The Hall–Kier alpha value is -3.01. The maximum atomic E-state index is 13.3. The van der Waals surface area contributed by atoms with Crippen LogP contribution in [0.5, 0.6) is 0 Å². The van der Waals surface area contributed by atoms with Crippen molar-refractivity contribution in [3.63, 3.8) is 0 Å². The summed E-state index contributed by atoms with van der Waals surface area (Å²) in [6, 6.07) is 21.1. The normalized spacial score (nSPS) is 16.7. The van der Waals surface area contributed by atoms with Crippen LogP contribution < -0.4 is 5.01 Å². The number of hydrogen-bond donors (Lipinski definition) is 0.